The second kappa shape index (κ2) is 16.3. The zero-order chi connectivity index (χ0) is 29.6. The molecule has 3 aromatic rings. The highest BCUT2D eigenvalue weighted by Crippen LogP contribution is 2.24. The highest BCUT2D eigenvalue weighted by Gasteiger charge is 2.17. The molecule has 0 radical (unpaired) electrons. The number of rotatable bonds is 15. The van der Waals surface area contributed by atoms with Crippen LogP contribution in [-0.4, -0.2) is 36.7 Å². The van der Waals surface area contributed by atoms with E-state index < -0.39 is 18.0 Å². The van der Waals surface area contributed by atoms with E-state index in [1.54, 1.807) is 31.2 Å². The molecule has 0 spiro atoms. The third kappa shape index (κ3) is 10.2. The minimum Gasteiger partial charge on any atom is -0.459 e. The molecule has 7 heteroatoms. The number of carbonyl (C=O) groups excluding carboxylic acids is 3. The van der Waals surface area contributed by atoms with Crippen molar-refractivity contribution in [3.05, 3.63) is 83.9 Å². The fourth-order valence-corrected chi connectivity index (χ4v) is 4.07. The number of ether oxygens (including phenoxy) is 4. The summed E-state index contributed by atoms with van der Waals surface area (Å²) in [6, 6.07) is 20.5. The summed E-state index contributed by atoms with van der Waals surface area (Å²) in [6.07, 6.45) is 5.50. The summed E-state index contributed by atoms with van der Waals surface area (Å²) in [4.78, 5) is 37.2. The molecular weight excluding hydrogens is 520 g/mol. The molecule has 0 amide bonds. The third-order valence-electron chi connectivity index (χ3n) is 6.50. The van der Waals surface area contributed by atoms with Gasteiger partial charge >= 0.3 is 17.9 Å². The molecule has 0 aliphatic rings. The summed E-state index contributed by atoms with van der Waals surface area (Å²) in [7, 11) is 0. The topological polar surface area (TPSA) is 88.1 Å². The first-order valence-electron chi connectivity index (χ1n) is 14.4. The fraction of sp³-hybridized carbons (Fsp3) is 0.382. The molecule has 0 fully saturated rings. The van der Waals surface area contributed by atoms with Crippen LogP contribution < -0.4 is 9.47 Å². The van der Waals surface area contributed by atoms with Crippen molar-refractivity contribution in [1.82, 2.24) is 0 Å². The lowest BCUT2D eigenvalue weighted by molar-refractivity contribution is -0.146. The first-order valence-corrected chi connectivity index (χ1v) is 14.4. The van der Waals surface area contributed by atoms with Gasteiger partial charge in [-0.25, -0.2) is 14.4 Å². The van der Waals surface area contributed by atoms with Gasteiger partial charge in [0.15, 0.2) is 6.10 Å². The molecule has 2 unspecified atom stereocenters. The van der Waals surface area contributed by atoms with Crippen LogP contribution in [0.3, 0.4) is 0 Å². The Morgan fingerprint density at radius 3 is 1.78 bits per heavy atom. The number of carbonyl (C=O) groups is 3. The quantitative estimate of drug-likeness (QED) is 0.106. The van der Waals surface area contributed by atoms with E-state index >= 15 is 0 Å². The maximum atomic E-state index is 12.6. The summed E-state index contributed by atoms with van der Waals surface area (Å²) in [5.74, 6) is -0.629. The SMILES string of the molecule is CCCCCCC(C)OC(=O)c1ccc(-c2ccc(OC(=O)c3ccc(OC(=O)C(C)OCCC)cc3)cc2)cc1. The molecule has 0 heterocycles. The van der Waals surface area contributed by atoms with E-state index in [1.165, 1.54) is 37.1 Å². The Morgan fingerprint density at radius 2 is 1.17 bits per heavy atom. The maximum absolute atomic E-state index is 12.6. The van der Waals surface area contributed by atoms with Crippen LogP contribution in [0.25, 0.3) is 11.1 Å². The largest absolute Gasteiger partial charge is 0.459 e. The second-order valence-electron chi connectivity index (χ2n) is 10.0. The summed E-state index contributed by atoms with van der Waals surface area (Å²) < 4.78 is 21.7. The van der Waals surface area contributed by atoms with E-state index in [4.69, 9.17) is 18.9 Å². The third-order valence-corrected chi connectivity index (χ3v) is 6.50. The molecule has 0 aliphatic heterocycles. The Labute approximate surface area is 242 Å². The number of unbranched alkanes of at least 4 members (excludes halogenated alkanes) is 3. The smallest absolute Gasteiger partial charge is 0.343 e. The Morgan fingerprint density at radius 1 is 0.634 bits per heavy atom. The van der Waals surface area contributed by atoms with Gasteiger partial charge in [0.2, 0.25) is 0 Å². The number of benzene rings is 3. The maximum Gasteiger partial charge on any atom is 0.343 e. The number of hydrogen-bond acceptors (Lipinski definition) is 7. The molecule has 7 nitrogen and oxygen atoms in total. The zero-order valence-corrected chi connectivity index (χ0v) is 24.4. The van der Waals surface area contributed by atoms with Crippen molar-refractivity contribution in [1.29, 1.82) is 0 Å². The number of esters is 3. The lowest BCUT2D eigenvalue weighted by Crippen LogP contribution is -2.26. The van der Waals surface area contributed by atoms with Crippen molar-refractivity contribution in [2.45, 2.75) is 78.4 Å². The average Bonchev–Trinajstić information content (AvgIpc) is 2.98. The van der Waals surface area contributed by atoms with Gasteiger partial charge in [0, 0.05) is 6.61 Å². The minimum atomic E-state index is -0.671. The predicted octanol–water partition coefficient (Wildman–Crippen LogP) is 7.81. The highest BCUT2D eigenvalue weighted by atomic mass is 16.6. The van der Waals surface area contributed by atoms with Gasteiger partial charge in [0.25, 0.3) is 0 Å². The molecule has 0 saturated heterocycles. The molecule has 0 saturated carbocycles. The molecule has 2 atom stereocenters. The van der Waals surface area contributed by atoms with Crippen molar-refractivity contribution in [2.24, 2.45) is 0 Å². The van der Waals surface area contributed by atoms with E-state index in [9.17, 15) is 14.4 Å². The molecular formula is C34H40O7. The van der Waals surface area contributed by atoms with E-state index in [-0.39, 0.29) is 12.1 Å². The molecule has 41 heavy (non-hydrogen) atoms. The van der Waals surface area contributed by atoms with Crippen molar-refractivity contribution >= 4 is 17.9 Å². The number of hydrogen-bond donors (Lipinski definition) is 0. The Balaban J connectivity index is 1.51. The molecule has 3 aromatic carbocycles. The summed E-state index contributed by atoms with van der Waals surface area (Å²) in [5.41, 5.74) is 2.67. The average molecular weight is 561 g/mol. The minimum absolute atomic E-state index is 0.107. The van der Waals surface area contributed by atoms with Crippen LogP contribution in [0.1, 0.15) is 86.9 Å². The zero-order valence-electron chi connectivity index (χ0n) is 24.4. The van der Waals surface area contributed by atoms with Gasteiger partial charge in [-0.3, -0.25) is 0 Å². The lowest BCUT2D eigenvalue weighted by atomic mass is 10.0. The summed E-state index contributed by atoms with van der Waals surface area (Å²) >= 11 is 0. The Kier molecular flexibility index (Phi) is 12.6. The van der Waals surface area contributed by atoms with Crippen molar-refractivity contribution in [3.8, 4) is 22.6 Å². The van der Waals surface area contributed by atoms with Gasteiger partial charge in [-0.2, -0.15) is 0 Å². The first kappa shape index (κ1) is 31.6. The molecule has 0 N–H and O–H groups in total. The van der Waals surface area contributed by atoms with Crippen molar-refractivity contribution in [3.63, 3.8) is 0 Å². The molecule has 3 rings (SSSR count). The fourth-order valence-electron chi connectivity index (χ4n) is 4.07. The Hall–Kier alpha value is -3.97. The van der Waals surface area contributed by atoms with E-state index in [2.05, 4.69) is 6.92 Å². The van der Waals surface area contributed by atoms with E-state index in [0.29, 0.717) is 29.2 Å². The van der Waals surface area contributed by atoms with Crippen LogP contribution in [0.2, 0.25) is 0 Å². The van der Waals surface area contributed by atoms with Gasteiger partial charge in [-0.1, -0.05) is 57.4 Å². The van der Waals surface area contributed by atoms with E-state index in [0.717, 1.165) is 36.8 Å². The first-order chi connectivity index (χ1) is 19.8. The van der Waals surface area contributed by atoms with Crippen molar-refractivity contribution < 1.29 is 33.3 Å². The summed E-state index contributed by atoms with van der Waals surface area (Å²) in [5, 5.41) is 0. The molecule has 0 aliphatic carbocycles. The standard InChI is InChI=1S/C34H40O7/c1-5-7-8-9-10-24(3)39-33(36)28-13-11-26(12-14-28)27-15-19-31(20-16-27)41-34(37)29-17-21-30(22-18-29)40-32(35)25(4)38-23-6-2/h11-22,24-25H,5-10,23H2,1-4H3. The molecule has 0 bridgehead atoms. The lowest BCUT2D eigenvalue weighted by Gasteiger charge is -2.13. The predicted molar refractivity (Wildman–Crippen MR) is 158 cm³/mol. The Bertz CT molecular complexity index is 1250. The van der Waals surface area contributed by atoms with E-state index in [1.807, 2.05) is 38.1 Å². The van der Waals surface area contributed by atoms with Gasteiger partial charge in [-0.15, -0.1) is 0 Å². The van der Waals surface area contributed by atoms with Crippen LogP contribution in [0.15, 0.2) is 72.8 Å². The van der Waals surface area contributed by atoms with Crippen LogP contribution in [0.4, 0.5) is 0 Å². The van der Waals surface area contributed by atoms with Crippen LogP contribution in [0.5, 0.6) is 11.5 Å². The van der Waals surface area contributed by atoms with Gasteiger partial charge < -0.3 is 18.9 Å². The van der Waals surface area contributed by atoms with Crippen molar-refractivity contribution in [2.75, 3.05) is 6.61 Å². The second-order valence-corrected chi connectivity index (χ2v) is 10.0. The van der Waals surface area contributed by atoms with Crippen LogP contribution in [0, 0.1) is 0 Å². The van der Waals surface area contributed by atoms with Crippen LogP contribution in [-0.2, 0) is 14.3 Å². The van der Waals surface area contributed by atoms with Crippen LogP contribution >= 0.6 is 0 Å². The van der Waals surface area contributed by atoms with Gasteiger partial charge in [-0.05, 0) is 92.8 Å². The highest BCUT2D eigenvalue weighted by molar-refractivity contribution is 5.91. The van der Waals surface area contributed by atoms with Gasteiger partial charge in [0.05, 0.1) is 17.2 Å². The molecule has 0 aromatic heterocycles. The summed E-state index contributed by atoms with van der Waals surface area (Å²) in [6.45, 7) is 8.18. The normalized spacial score (nSPS) is 12.3. The molecule has 218 valence electrons. The monoisotopic (exact) mass is 560 g/mol. The van der Waals surface area contributed by atoms with Gasteiger partial charge in [0.1, 0.15) is 11.5 Å².